The molecule has 0 spiro atoms. The van der Waals surface area contributed by atoms with Crippen molar-refractivity contribution in [1.29, 1.82) is 0 Å². The van der Waals surface area contributed by atoms with E-state index in [2.05, 4.69) is 11.8 Å². The van der Waals surface area contributed by atoms with Crippen molar-refractivity contribution < 1.29 is 4.79 Å². The Bertz CT molecular complexity index is 361. The number of carbonyl (C=O) groups excluding carboxylic acids is 1. The molecule has 1 aromatic rings. The molecule has 0 N–H and O–H groups in total. The molecule has 0 aromatic carbocycles. The Kier molecular flexibility index (Phi) is 2.91. The molecule has 76 valence electrons. The normalized spacial score (nSPS) is 16.7. The summed E-state index contributed by atoms with van der Waals surface area (Å²) in [6.45, 7) is 5.24. The van der Waals surface area contributed by atoms with Gasteiger partial charge in [-0.15, -0.1) is 11.3 Å². The van der Waals surface area contributed by atoms with Crippen LogP contribution in [0, 0.1) is 0 Å². The molecule has 1 aliphatic heterocycles. The zero-order chi connectivity index (χ0) is 10.1. The van der Waals surface area contributed by atoms with E-state index < -0.39 is 0 Å². The van der Waals surface area contributed by atoms with Gasteiger partial charge < -0.3 is 0 Å². The summed E-state index contributed by atoms with van der Waals surface area (Å²) in [5.74, 6) is 0. The average Bonchev–Trinajstić information content (AvgIpc) is 2.59. The number of nitrogens with zero attached hydrogens (tertiary/aromatic N) is 1. The first kappa shape index (κ1) is 10.1. The van der Waals surface area contributed by atoms with Gasteiger partial charge in [-0.2, -0.15) is 0 Å². The van der Waals surface area contributed by atoms with Crippen molar-refractivity contribution in [3.63, 3.8) is 0 Å². The van der Waals surface area contributed by atoms with E-state index in [0.29, 0.717) is 0 Å². The van der Waals surface area contributed by atoms with Gasteiger partial charge >= 0.3 is 0 Å². The van der Waals surface area contributed by atoms with Crippen LogP contribution in [0.3, 0.4) is 0 Å². The van der Waals surface area contributed by atoms with Crippen LogP contribution in [0.2, 0.25) is 0 Å². The van der Waals surface area contributed by atoms with Crippen LogP contribution in [-0.2, 0) is 13.0 Å². The molecule has 0 radical (unpaired) electrons. The van der Waals surface area contributed by atoms with Crippen LogP contribution in [0.1, 0.15) is 27.7 Å². The highest BCUT2D eigenvalue weighted by molar-refractivity contribution is 7.10. The van der Waals surface area contributed by atoms with E-state index >= 15 is 0 Å². The molecule has 0 atom stereocenters. The molecule has 0 aliphatic carbocycles. The van der Waals surface area contributed by atoms with Gasteiger partial charge in [0.05, 0.1) is 0 Å². The molecular formula is C10H12ClNOS. The molecule has 0 bridgehead atoms. The van der Waals surface area contributed by atoms with Crippen LogP contribution in [0.4, 0.5) is 0 Å². The van der Waals surface area contributed by atoms with Gasteiger partial charge in [-0.1, -0.05) is 6.92 Å². The third kappa shape index (κ3) is 1.72. The lowest BCUT2D eigenvalue weighted by atomic mass is 10.0. The predicted molar refractivity (Wildman–Crippen MR) is 59.2 cm³/mol. The second-order valence-corrected chi connectivity index (χ2v) is 4.75. The molecule has 0 amide bonds. The van der Waals surface area contributed by atoms with Gasteiger partial charge in [-0.05, 0) is 30.1 Å². The Morgan fingerprint density at radius 2 is 2.50 bits per heavy atom. The standard InChI is InChI=1S/C10H12ClNOS/c1-2-12-4-3-7-8(10(11)13)6-14-9(7)5-12/h6H,2-5H2,1H3. The summed E-state index contributed by atoms with van der Waals surface area (Å²) >= 11 is 7.16. The van der Waals surface area contributed by atoms with Crippen LogP contribution in [0.5, 0.6) is 0 Å². The second-order valence-electron chi connectivity index (χ2n) is 3.44. The van der Waals surface area contributed by atoms with Crippen LogP contribution in [0.15, 0.2) is 5.38 Å². The van der Waals surface area contributed by atoms with Crippen molar-refractivity contribution in [1.82, 2.24) is 4.90 Å². The summed E-state index contributed by atoms with van der Waals surface area (Å²) in [4.78, 5) is 14.8. The molecule has 1 aliphatic rings. The summed E-state index contributed by atoms with van der Waals surface area (Å²) in [6, 6.07) is 0. The molecule has 1 aromatic heterocycles. The molecule has 2 nitrogen and oxygen atoms in total. The Morgan fingerprint density at radius 1 is 1.71 bits per heavy atom. The molecule has 0 saturated heterocycles. The Hall–Kier alpha value is -0.380. The highest BCUT2D eigenvalue weighted by Crippen LogP contribution is 2.29. The first-order chi connectivity index (χ1) is 6.72. The van der Waals surface area contributed by atoms with Crippen LogP contribution < -0.4 is 0 Å². The first-order valence-corrected chi connectivity index (χ1v) is 5.99. The maximum atomic E-state index is 11.1. The van der Waals surface area contributed by atoms with Crippen molar-refractivity contribution in [3.05, 3.63) is 21.4 Å². The smallest absolute Gasteiger partial charge is 0.253 e. The van der Waals surface area contributed by atoms with Gasteiger partial charge in [0.2, 0.25) is 0 Å². The third-order valence-electron chi connectivity index (χ3n) is 2.68. The topological polar surface area (TPSA) is 20.3 Å². The lowest BCUT2D eigenvalue weighted by Gasteiger charge is -2.25. The lowest BCUT2D eigenvalue weighted by molar-refractivity contribution is 0.108. The summed E-state index contributed by atoms with van der Waals surface area (Å²) in [5, 5.41) is 1.58. The Morgan fingerprint density at radius 3 is 3.14 bits per heavy atom. The van der Waals surface area contributed by atoms with Gasteiger partial charge in [-0.3, -0.25) is 9.69 Å². The highest BCUT2D eigenvalue weighted by Gasteiger charge is 2.21. The van der Waals surface area contributed by atoms with Gasteiger partial charge in [0.25, 0.3) is 5.24 Å². The number of hydrogen-bond acceptors (Lipinski definition) is 3. The van der Waals surface area contributed by atoms with Crippen molar-refractivity contribution in [2.45, 2.75) is 19.9 Å². The fourth-order valence-electron chi connectivity index (χ4n) is 1.82. The number of hydrogen-bond donors (Lipinski definition) is 0. The molecular weight excluding hydrogens is 218 g/mol. The van der Waals surface area contributed by atoms with E-state index in [4.69, 9.17) is 11.6 Å². The number of rotatable bonds is 2. The summed E-state index contributed by atoms with van der Waals surface area (Å²) in [7, 11) is 0. The SMILES string of the molecule is CCN1CCc2c(C(=O)Cl)csc2C1. The zero-order valence-electron chi connectivity index (χ0n) is 8.05. The fourth-order valence-corrected chi connectivity index (χ4v) is 3.17. The van der Waals surface area contributed by atoms with E-state index in [1.54, 1.807) is 11.3 Å². The summed E-state index contributed by atoms with van der Waals surface area (Å²) in [6.07, 6.45) is 0.959. The molecule has 0 fully saturated rings. The van der Waals surface area contributed by atoms with E-state index in [9.17, 15) is 4.79 Å². The maximum Gasteiger partial charge on any atom is 0.253 e. The minimum absolute atomic E-state index is 0.313. The zero-order valence-corrected chi connectivity index (χ0v) is 9.62. The predicted octanol–water partition coefficient (Wildman–Crippen LogP) is 2.51. The summed E-state index contributed by atoms with van der Waals surface area (Å²) < 4.78 is 0. The first-order valence-electron chi connectivity index (χ1n) is 4.73. The van der Waals surface area contributed by atoms with Crippen molar-refractivity contribution in [2.24, 2.45) is 0 Å². The van der Waals surface area contributed by atoms with Crippen molar-refractivity contribution in [3.8, 4) is 0 Å². The van der Waals surface area contributed by atoms with E-state index in [-0.39, 0.29) is 5.24 Å². The highest BCUT2D eigenvalue weighted by atomic mass is 35.5. The van der Waals surface area contributed by atoms with Gasteiger partial charge in [0.1, 0.15) is 0 Å². The fraction of sp³-hybridized carbons (Fsp3) is 0.500. The number of carbonyl (C=O) groups is 1. The number of fused-ring (bicyclic) bond motifs is 1. The lowest BCUT2D eigenvalue weighted by Crippen LogP contribution is -2.29. The minimum Gasteiger partial charge on any atom is -0.298 e. The molecule has 0 unspecified atom stereocenters. The molecule has 2 heterocycles. The molecule has 4 heteroatoms. The van der Waals surface area contributed by atoms with E-state index in [0.717, 1.165) is 31.6 Å². The largest absolute Gasteiger partial charge is 0.298 e. The quantitative estimate of drug-likeness (QED) is 0.727. The Balaban J connectivity index is 2.29. The summed E-state index contributed by atoms with van der Waals surface area (Å²) in [5.41, 5.74) is 1.90. The van der Waals surface area contributed by atoms with Gasteiger partial charge in [-0.25, -0.2) is 0 Å². The van der Waals surface area contributed by atoms with E-state index in [1.807, 2.05) is 5.38 Å². The van der Waals surface area contributed by atoms with Crippen LogP contribution in [0.25, 0.3) is 0 Å². The second kappa shape index (κ2) is 4.01. The molecule has 14 heavy (non-hydrogen) atoms. The maximum absolute atomic E-state index is 11.1. The van der Waals surface area contributed by atoms with Gasteiger partial charge in [0, 0.05) is 28.9 Å². The Labute approximate surface area is 92.5 Å². The van der Waals surface area contributed by atoms with Crippen LogP contribution >= 0.6 is 22.9 Å². The van der Waals surface area contributed by atoms with Gasteiger partial charge in [0.15, 0.2) is 0 Å². The van der Waals surface area contributed by atoms with Crippen molar-refractivity contribution in [2.75, 3.05) is 13.1 Å². The van der Waals surface area contributed by atoms with E-state index in [1.165, 1.54) is 10.4 Å². The average molecular weight is 230 g/mol. The van der Waals surface area contributed by atoms with Crippen LogP contribution in [-0.4, -0.2) is 23.2 Å². The molecule has 2 rings (SSSR count). The van der Waals surface area contributed by atoms with Crippen molar-refractivity contribution >= 4 is 28.2 Å². The number of halogens is 1. The minimum atomic E-state index is -0.313. The number of likely N-dealkylation sites (N-methyl/N-ethyl adjacent to an activating group) is 1. The number of thiophene rings is 1. The monoisotopic (exact) mass is 229 g/mol. The third-order valence-corrected chi connectivity index (χ3v) is 3.90. The molecule has 0 saturated carbocycles.